The maximum absolute atomic E-state index is 11.0. The van der Waals surface area contributed by atoms with Crippen LogP contribution in [-0.4, -0.2) is 22.8 Å². The Kier molecular flexibility index (Phi) is 3.96. The normalized spacial score (nSPS) is 27.7. The lowest BCUT2D eigenvalue weighted by Gasteiger charge is -2.42. The molecule has 1 aromatic heterocycles. The number of pyridine rings is 1. The van der Waals surface area contributed by atoms with Crippen molar-refractivity contribution in [2.24, 2.45) is 5.92 Å². The lowest BCUT2D eigenvalue weighted by Crippen LogP contribution is -2.42. The molecule has 3 nitrogen and oxygen atoms in total. The molecular formula is C18H23NO2. The van der Waals surface area contributed by atoms with Gasteiger partial charge in [-0.15, -0.1) is 0 Å². The molecule has 1 saturated carbocycles. The van der Waals surface area contributed by atoms with Crippen molar-refractivity contribution in [2.75, 3.05) is 7.11 Å². The highest BCUT2D eigenvalue weighted by Gasteiger charge is 2.42. The molecule has 21 heavy (non-hydrogen) atoms. The number of hydrogen-bond acceptors (Lipinski definition) is 3. The van der Waals surface area contributed by atoms with E-state index in [4.69, 9.17) is 4.74 Å². The van der Waals surface area contributed by atoms with Crippen LogP contribution in [0.3, 0.4) is 0 Å². The molecule has 2 aromatic rings. The number of aliphatic hydroxyl groups excluding tert-OH is 1. The largest absolute Gasteiger partial charge is 0.385 e. The number of nitrogens with zero attached hydrogens (tertiary/aromatic N) is 1. The molecule has 0 saturated heterocycles. The zero-order valence-electron chi connectivity index (χ0n) is 12.7. The number of ether oxygens (including phenoxy) is 1. The van der Waals surface area contributed by atoms with Crippen LogP contribution in [0.2, 0.25) is 0 Å². The fraction of sp³-hybridized carbons (Fsp3) is 0.500. The number of aliphatic hydroxyl groups is 1. The molecule has 1 aromatic carbocycles. The van der Waals surface area contributed by atoms with Gasteiger partial charge in [0.15, 0.2) is 0 Å². The van der Waals surface area contributed by atoms with E-state index in [2.05, 4.69) is 11.9 Å². The van der Waals surface area contributed by atoms with Crippen molar-refractivity contribution < 1.29 is 9.84 Å². The van der Waals surface area contributed by atoms with Crippen LogP contribution in [-0.2, 0) is 4.74 Å². The molecule has 1 aliphatic carbocycles. The summed E-state index contributed by atoms with van der Waals surface area (Å²) in [6.07, 6.45) is 6.99. The number of hydrogen-bond donors (Lipinski definition) is 1. The molecule has 3 rings (SSSR count). The van der Waals surface area contributed by atoms with Crippen molar-refractivity contribution in [2.45, 2.75) is 44.3 Å². The van der Waals surface area contributed by atoms with Gasteiger partial charge in [0.25, 0.3) is 0 Å². The van der Waals surface area contributed by atoms with Gasteiger partial charge in [-0.25, -0.2) is 0 Å². The molecule has 0 spiro atoms. The second-order valence-corrected chi connectivity index (χ2v) is 6.30. The minimum Gasteiger partial charge on any atom is -0.385 e. The Bertz CT molecular complexity index is 612. The predicted molar refractivity (Wildman–Crippen MR) is 84.1 cm³/mol. The van der Waals surface area contributed by atoms with Gasteiger partial charge < -0.3 is 9.84 Å². The van der Waals surface area contributed by atoms with Gasteiger partial charge in [-0.05, 0) is 37.0 Å². The number of benzene rings is 1. The van der Waals surface area contributed by atoms with Gasteiger partial charge >= 0.3 is 0 Å². The summed E-state index contributed by atoms with van der Waals surface area (Å²) in [7, 11) is 1.72. The summed E-state index contributed by atoms with van der Waals surface area (Å²) in [6.45, 7) is 2.27. The molecule has 1 unspecified atom stereocenters. The van der Waals surface area contributed by atoms with E-state index in [0.29, 0.717) is 5.92 Å². The first kappa shape index (κ1) is 14.5. The van der Waals surface area contributed by atoms with Crippen LogP contribution in [0.5, 0.6) is 0 Å². The molecule has 3 heteroatoms. The first-order valence-corrected chi connectivity index (χ1v) is 7.72. The smallest absolute Gasteiger partial charge is 0.110 e. The number of fused-ring (bicyclic) bond motifs is 1. The number of methoxy groups -OCH3 is 1. The predicted octanol–water partition coefficient (Wildman–Crippen LogP) is 3.86. The molecule has 1 fully saturated rings. The van der Waals surface area contributed by atoms with E-state index >= 15 is 0 Å². The highest BCUT2D eigenvalue weighted by atomic mass is 16.5. The molecule has 1 atom stereocenters. The molecule has 1 aliphatic rings. The van der Waals surface area contributed by atoms with E-state index in [9.17, 15) is 5.11 Å². The number of aromatic nitrogens is 1. The topological polar surface area (TPSA) is 42.4 Å². The van der Waals surface area contributed by atoms with E-state index in [-0.39, 0.29) is 0 Å². The average Bonchev–Trinajstić information content (AvgIpc) is 2.55. The maximum Gasteiger partial charge on any atom is 0.110 e. The quantitative estimate of drug-likeness (QED) is 0.931. The third kappa shape index (κ3) is 2.56. The van der Waals surface area contributed by atoms with Crippen LogP contribution in [0, 0.1) is 5.92 Å². The third-order valence-electron chi connectivity index (χ3n) is 5.02. The summed E-state index contributed by atoms with van der Waals surface area (Å²) < 4.78 is 5.81. The Morgan fingerprint density at radius 2 is 1.95 bits per heavy atom. The molecule has 0 radical (unpaired) electrons. The summed E-state index contributed by atoms with van der Waals surface area (Å²) in [6, 6.07) is 8.07. The van der Waals surface area contributed by atoms with Crippen LogP contribution in [0.15, 0.2) is 36.7 Å². The van der Waals surface area contributed by atoms with Crippen LogP contribution >= 0.6 is 0 Å². The second kappa shape index (κ2) is 5.74. The molecule has 0 amide bonds. The van der Waals surface area contributed by atoms with Crippen LogP contribution in [0.4, 0.5) is 0 Å². The maximum atomic E-state index is 11.0. The van der Waals surface area contributed by atoms with E-state index in [1.54, 1.807) is 13.3 Å². The Morgan fingerprint density at radius 1 is 1.24 bits per heavy atom. The minimum atomic E-state index is -0.631. The van der Waals surface area contributed by atoms with Gasteiger partial charge in [-0.1, -0.05) is 31.2 Å². The van der Waals surface area contributed by atoms with Crippen molar-refractivity contribution in [1.29, 1.82) is 0 Å². The van der Waals surface area contributed by atoms with Gasteiger partial charge in [-0.2, -0.15) is 0 Å². The van der Waals surface area contributed by atoms with Gasteiger partial charge in [0.05, 0.1) is 5.60 Å². The highest BCUT2D eigenvalue weighted by molar-refractivity contribution is 5.85. The zero-order valence-corrected chi connectivity index (χ0v) is 12.7. The average molecular weight is 285 g/mol. The molecule has 1 heterocycles. The molecule has 1 N–H and O–H groups in total. The van der Waals surface area contributed by atoms with Crippen LogP contribution in [0.1, 0.15) is 44.3 Å². The summed E-state index contributed by atoms with van der Waals surface area (Å²) in [5.41, 5.74) is 0.405. The van der Waals surface area contributed by atoms with E-state index in [1.807, 2.05) is 30.5 Å². The van der Waals surface area contributed by atoms with Gasteiger partial charge in [0.2, 0.25) is 0 Å². The van der Waals surface area contributed by atoms with Gasteiger partial charge in [0.1, 0.15) is 6.10 Å². The molecule has 0 bridgehead atoms. The third-order valence-corrected chi connectivity index (χ3v) is 5.02. The Hall–Kier alpha value is -1.45. The van der Waals surface area contributed by atoms with Crippen molar-refractivity contribution in [3.8, 4) is 0 Å². The minimum absolute atomic E-state index is 0.474. The Morgan fingerprint density at radius 3 is 2.67 bits per heavy atom. The van der Waals surface area contributed by atoms with E-state index < -0.39 is 11.7 Å². The Labute approximate surface area is 126 Å². The van der Waals surface area contributed by atoms with E-state index in [0.717, 1.165) is 42.0 Å². The fourth-order valence-electron chi connectivity index (χ4n) is 3.48. The molecule has 112 valence electrons. The van der Waals surface area contributed by atoms with Crippen molar-refractivity contribution in [3.05, 3.63) is 42.2 Å². The highest BCUT2D eigenvalue weighted by Crippen LogP contribution is 2.43. The zero-order chi connectivity index (χ0) is 14.9. The summed E-state index contributed by atoms with van der Waals surface area (Å²) in [5, 5.41) is 13.1. The van der Waals surface area contributed by atoms with Gasteiger partial charge in [-0.3, -0.25) is 4.98 Å². The van der Waals surface area contributed by atoms with Crippen LogP contribution in [0.25, 0.3) is 10.8 Å². The van der Waals surface area contributed by atoms with Crippen molar-refractivity contribution >= 4 is 10.8 Å². The summed E-state index contributed by atoms with van der Waals surface area (Å²) in [5.74, 6) is 0.714. The summed E-state index contributed by atoms with van der Waals surface area (Å²) in [4.78, 5) is 4.29. The fourth-order valence-corrected chi connectivity index (χ4v) is 3.48. The Balaban J connectivity index is 2.01. The first-order chi connectivity index (χ1) is 10.2. The SMILES string of the molecule is COC1(C(O)c2cncc3ccccc23)CCC(C)CC1. The number of rotatable bonds is 3. The second-order valence-electron chi connectivity index (χ2n) is 6.30. The summed E-state index contributed by atoms with van der Waals surface area (Å²) >= 11 is 0. The molecular weight excluding hydrogens is 262 g/mol. The standard InChI is InChI=1S/C18H23NO2/c1-13-7-9-18(21-2,10-8-13)17(20)16-12-19-11-14-5-3-4-6-15(14)16/h3-6,11-13,17,20H,7-10H2,1-2H3. The lowest BCUT2D eigenvalue weighted by molar-refractivity contribution is -0.130. The molecule has 0 aliphatic heterocycles. The van der Waals surface area contributed by atoms with Crippen LogP contribution < -0.4 is 0 Å². The van der Waals surface area contributed by atoms with Gasteiger partial charge in [0, 0.05) is 30.5 Å². The first-order valence-electron chi connectivity index (χ1n) is 7.72. The van der Waals surface area contributed by atoms with E-state index in [1.165, 1.54) is 0 Å². The van der Waals surface area contributed by atoms with Crippen molar-refractivity contribution in [3.63, 3.8) is 0 Å². The monoisotopic (exact) mass is 285 g/mol. The van der Waals surface area contributed by atoms with Crippen molar-refractivity contribution in [1.82, 2.24) is 4.98 Å². The lowest BCUT2D eigenvalue weighted by atomic mass is 9.74.